The van der Waals surface area contributed by atoms with Crippen LogP contribution in [-0.2, 0) is 24.3 Å². The van der Waals surface area contributed by atoms with Crippen LogP contribution in [0.2, 0.25) is 0 Å². The van der Waals surface area contributed by atoms with Gasteiger partial charge in [0.25, 0.3) is 5.91 Å². The standard InChI is InChI=1S/C24H32N4O2/c1-3-28-23(10-13-25-28)24(30)27(22-8-9-22)17-21-6-4-19(5-7-21)16-20-11-14-26(15-12-20)18(2)29/h4-7,10,13,20,22H,3,8-9,11-12,14-17H2,1-2H3. The topological polar surface area (TPSA) is 58.4 Å². The molecule has 2 heterocycles. The molecule has 1 aliphatic carbocycles. The molecular formula is C24H32N4O2. The van der Waals surface area contributed by atoms with Gasteiger partial charge in [0.15, 0.2) is 0 Å². The van der Waals surface area contributed by atoms with Crippen LogP contribution in [0.1, 0.15) is 61.1 Å². The van der Waals surface area contributed by atoms with Gasteiger partial charge in [0.05, 0.1) is 0 Å². The summed E-state index contributed by atoms with van der Waals surface area (Å²) in [4.78, 5) is 28.6. The van der Waals surface area contributed by atoms with E-state index in [0.717, 1.165) is 45.2 Å². The second-order valence-electron chi connectivity index (χ2n) is 8.67. The minimum atomic E-state index is 0.0816. The van der Waals surface area contributed by atoms with Gasteiger partial charge < -0.3 is 9.80 Å². The molecule has 6 heteroatoms. The predicted molar refractivity (Wildman–Crippen MR) is 116 cm³/mol. The molecule has 0 spiro atoms. The van der Waals surface area contributed by atoms with Crippen LogP contribution in [0.25, 0.3) is 0 Å². The highest BCUT2D eigenvalue weighted by atomic mass is 16.2. The molecule has 1 saturated carbocycles. The number of carbonyl (C=O) groups excluding carboxylic acids is 2. The molecular weight excluding hydrogens is 376 g/mol. The van der Waals surface area contributed by atoms with Crippen LogP contribution in [0.15, 0.2) is 36.5 Å². The summed E-state index contributed by atoms with van der Waals surface area (Å²) in [6.45, 7) is 6.77. The Hall–Kier alpha value is -2.63. The number of aryl methyl sites for hydroxylation is 1. The Kier molecular flexibility index (Phi) is 6.21. The first kappa shape index (κ1) is 20.6. The van der Waals surface area contributed by atoms with Gasteiger partial charge in [-0.3, -0.25) is 14.3 Å². The van der Waals surface area contributed by atoms with Crippen LogP contribution < -0.4 is 0 Å². The zero-order valence-corrected chi connectivity index (χ0v) is 18.1. The minimum absolute atomic E-state index is 0.0816. The van der Waals surface area contributed by atoms with Crippen molar-refractivity contribution in [1.29, 1.82) is 0 Å². The first-order valence-electron chi connectivity index (χ1n) is 11.2. The summed E-state index contributed by atoms with van der Waals surface area (Å²) in [6, 6.07) is 10.9. The van der Waals surface area contributed by atoms with Gasteiger partial charge in [-0.2, -0.15) is 5.10 Å². The SMILES string of the molecule is CCn1nccc1C(=O)N(Cc1ccc(CC2CCN(C(C)=O)CC2)cc1)C1CC1. The lowest BCUT2D eigenvalue weighted by Gasteiger charge is -2.31. The fourth-order valence-corrected chi connectivity index (χ4v) is 4.43. The van der Waals surface area contributed by atoms with Crippen molar-refractivity contribution in [2.24, 2.45) is 5.92 Å². The lowest BCUT2D eigenvalue weighted by atomic mass is 9.90. The van der Waals surface area contributed by atoms with Gasteiger partial charge in [0, 0.05) is 45.3 Å². The van der Waals surface area contributed by atoms with E-state index in [0.29, 0.717) is 30.7 Å². The Labute approximate surface area is 178 Å². The number of amides is 2. The minimum Gasteiger partial charge on any atom is -0.343 e. The largest absolute Gasteiger partial charge is 0.343 e. The van der Waals surface area contributed by atoms with E-state index in [9.17, 15) is 9.59 Å². The zero-order chi connectivity index (χ0) is 21.1. The zero-order valence-electron chi connectivity index (χ0n) is 18.1. The number of benzene rings is 1. The summed E-state index contributed by atoms with van der Waals surface area (Å²) in [5.41, 5.74) is 3.19. The van der Waals surface area contributed by atoms with Crippen molar-refractivity contribution < 1.29 is 9.59 Å². The molecule has 2 amide bonds. The van der Waals surface area contributed by atoms with Crippen LogP contribution in [0.4, 0.5) is 0 Å². The quantitative estimate of drug-likeness (QED) is 0.704. The monoisotopic (exact) mass is 408 g/mol. The molecule has 1 aromatic heterocycles. The molecule has 2 aromatic rings. The highest BCUT2D eigenvalue weighted by Crippen LogP contribution is 2.30. The number of piperidine rings is 1. The molecule has 1 saturated heterocycles. The summed E-state index contributed by atoms with van der Waals surface area (Å²) < 4.78 is 1.78. The molecule has 0 N–H and O–H groups in total. The van der Waals surface area contributed by atoms with E-state index >= 15 is 0 Å². The second-order valence-corrected chi connectivity index (χ2v) is 8.67. The Morgan fingerprint density at radius 2 is 1.70 bits per heavy atom. The molecule has 1 aliphatic heterocycles. The number of nitrogens with zero attached hydrogens (tertiary/aromatic N) is 4. The second kappa shape index (κ2) is 9.02. The van der Waals surface area contributed by atoms with E-state index in [2.05, 4.69) is 29.4 Å². The highest BCUT2D eigenvalue weighted by molar-refractivity contribution is 5.93. The number of carbonyl (C=O) groups is 2. The molecule has 0 atom stereocenters. The van der Waals surface area contributed by atoms with Gasteiger partial charge in [-0.25, -0.2) is 0 Å². The van der Waals surface area contributed by atoms with Crippen molar-refractivity contribution in [2.45, 2.75) is 65.1 Å². The third-order valence-corrected chi connectivity index (χ3v) is 6.44. The average molecular weight is 409 g/mol. The van der Waals surface area contributed by atoms with Crippen molar-refractivity contribution in [3.63, 3.8) is 0 Å². The summed E-state index contributed by atoms with van der Waals surface area (Å²) >= 11 is 0. The average Bonchev–Trinajstić information content (AvgIpc) is 3.49. The molecule has 30 heavy (non-hydrogen) atoms. The Morgan fingerprint density at radius 1 is 1.03 bits per heavy atom. The molecule has 160 valence electrons. The third kappa shape index (κ3) is 4.74. The van der Waals surface area contributed by atoms with Crippen LogP contribution in [-0.4, -0.2) is 50.5 Å². The fraction of sp³-hybridized carbons (Fsp3) is 0.542. The van der Waals surface area contributed by atoms with Crippen molar-refractivity contribution >= 4 is 11.8 Å². The summed E-state index contributed by atoms with van der Waals surface area (Å²) in [5.74, 6) is 0.915. The maximum absolute atomic E-state index is 13.1. The Bertz CT molecular complexity index is 877. The molecule has 4 rings (SSSR count). The first-order valence-corrected chi connectivity index (χ1v) is 11.2. The fourth-order valence-electron chi connectivity index (χ4n) is 4.43. The van der Waals surface area contributed by atoms with Crippen LogP contribution in [0, 0.1) is 5.92 Å². The van der Waals surface area contributed by atoms with E-state index in [1.807, 2.05) is 22.8 Å². The maximum atomic E-state index is 13.1. The van der Waals surface area contributed by atoms with Crippen molar-refractivity contribution in [3.8, 4) is 0 Å². The van der Waals surface area contributed by atoms with Gasteiger partial charge in [-0.1, -0.05) is 24.3 Å². The molecule has 2 aliphatic rings. The molecule has 0 radical (unpaired) electrons. The Morgan fingerprint density at radius 3 is 2.30 bits per heavy atom. The smallest absolute Gasteiger partial charge is 0.272 e. The van der Waals surface area contributed by atoms with Gasteiger partial charge in [0.2, 0.25) is 5.91 Å². The lowest BCUT2D eigenvalue weighted by Crippen LogP contribution is -2.37. The number of aromatic nitrogens is 2. The van der Waals surface area contributed by atoms with Crippen LogP contribution in [0.5, 0.6) is 0 Å². The highest BCUT2D eigenvalue weighted by Gasteiger charge is 2.34. The van der Waals surface area contributed by atoms with E-state index in [1.54, 1.807) is 17.8 Å². The van der Waals surface area contributed by atoms with Crippen molar-refractivity contribution in [1.82, 2.24) is 19.6 Å². The van der Waals surface area contributed by atoms with Gasteiger partial charge in [-0.15, -0.1) is 0 Å². The lowest BCUT2D eigenvalue weighted by molar-refractivity contribution is -0.130. The molecule has 1 aromatic carbocycles. The molecule has 0 bridgehead atoms. The van der Waals surface area contributed by atoms with E-state index in [1.165, 1.54) is 11.1 Å². The van der Waals surface area contributed by atoms with Crippen molar-refractivity contribution in [3.05, 3.63) is 53.3 Å². The van der Waals surface area contributed by atoms with E-state index in [4.69, 9.17) is 0 Å². The number of hydrogen-bond donors (Lipinski definition) is 0. The number of likely N-dealkylation sites (tertiary alicyclic amines) is 1. The summed E-state index contributed by atoms with van der Waals surface area (Å²) in [6.07, 6.45) is 7.10. The van der Waals surface area contributed by atoms with Crippen LogP contribution >= 0.6 is 0 Å². The van der Waals surface area contributed by atoms with E-state index in [-0.39, 0.29) is 11.8 Å². The van der Waals surface area contributed by atoms with Gasteiger partial charge in [-0.05, 0) is 62.1 Å². The Balaban J connectivity index is 1.36. The van der Waals surface area contributed by atoms with E-state index < -0.39 is 0 Å². The van der Waals surface area contributed by atoms with Gasteiger partial charge in [0.1, 0.15) is 5.69 Å². The molecule has 0 unspecified atom stereocenters. The maximum Gasteiger partial charge on any atom is 0.272 e. The summed E-state index contributed by atoms with van der Waals surface area (Å²) in [7, 11) is 0. The van der Waals surface area contributed by atoms with Crippen LogP contribution in [0.3, 0.4) is 0 Å². The predicted octanol–water partition coefficient (Wildman–Crippen LogP) is 3.51. The number of rotatable bonds is 7. The normalized spacial score (nSPS) is 17.2. The molecule has 6 nitrogen and oxygen atoms in total. The first-order chi connectivity index (χ1) is 14.5. The number of hydrogen-bond acceptors (Lipinski definition) is 3. The van der Waals surface area contributed by atoms with Crippen molar-refractivity contribution in [2.75, 3.05) is 13.1 Å². The molecule has 2 fully saturated rings. The third-order valence-electron chi connectivity index (χ3n) is 6.44. The van der Waals surface area contributed by atoms with Gasteiger partial charge >= 0.3 is 0 Å². The summed E-state index contributed by atoms with van der Waals surface area (Å²) in [5, 5.41) is 4.25.